The van der Waals surface area contributed by atoms with Gasteiger partial charge in [-0.1, -0.05) is 120 Å². The van der Waals surface area contributed by atoms with Crippen molar-refractivity contribution in [2.24, 2.45) is 0 Å². The van der Waals surface area contributed by atoms with Crippen LogP contribution in [0.25, 0.3) is 11.0 Å². The minimum atomic E-state index is -0.103. The summed E-state index contributed by atoms with van der Waals surface area (Å²) in [5, 5.41) is 0.900. The predicted molar refractivity (Wildman–Crippen MR) is 133 cm³/mol. The van der Waals surface area contributed by atoms with Gasteiger partial charge in [-0.25, -0.2) is 0 Å². The van der Waals surface area contributed by atoms with Crippen LogP contribution in [-0.2, 0) is 0 Å². The number of hydrogen-bond donors (Lipinski definition) is 0. The van der Waals surface area contributed by atoms with E-state index in [2.05, 4.69) is 6.92 Å². The van der Waals surface area contributed by atoms with Crippen LogP contribution in [-0.4, -0.2) is 12.4 Å². The normalized spacial score (nSPS) is 11.2. The molecular formula is C29H38O3. The maximum absolute atomic E-state index is 12.7. The van der Waals surface area contributed by atoms with Crippen LogP contribution in [0.1, 0.15) is 100 Å². The second kappa shape index (κ2) is 13.8. The van der Waals surface area contributed by atoms with Gasteiger partial charge in [-0.05, 0) is 18.6 Å². The number of carbonyl (C=O) groups excluding carboxylic acids is 1. The number of carbonyl (C=O) groups is 1. The summed E-state index contributed by atoms with van der Waals surface area (Å²) in [6.07, 6.45) is 15.9. The molecule has 1 aromatic heterocycles. The second-order valence-corrected chi connectivity index (χ2v) is 8.72. The highest BCUT2D eigenvalue weighted by atomic mass is 16.5. The second-order valence-electron chi connectivity index (χ2n) is 8.72. The fourth-order valence-corrected chi connectivity index (χ4v) is 4.12. The molecule has 32 heavy (non-hydrogen) atoms. The van der Waals surface area contributed by atoms with Gasteiger partial charge in [-0.15, -0.1) is 0 Å². The Labute approximate surface area is 193 Å². The zero-order chi connectivity index (χ0) is 22.4. The van der Waals surface area contributed by atoms with Gasteiger partial charge in [0.05, 0.1) is 6.61 Å². The SMILES string of the molecule is CCCCCCCCCCCCCCOc1cccc2cc(C(=O)c3ccccc3)oc12. The Morgan fingerprint density at radius 1 is 0.750 bits per heavy atom. The van der Waals surface area contributed by atoms with E-state index in [4.69, 9.17) is 9.15 Å². The lowest BCUT2D eigenvalue weighted by atomic mass is 10.1. The van der Waals surface area contributed by atoms with Crippen molar-refractivity contribution >= 4 is 16.8 Å². The van der Waals surface area contributed by atoms with Gasteiger partial charge < -0.3 is 9.15 Å². The first-order chi connectivity index (χ1) is 15.8. The number of ketones is 1. The number of benzene rings is 2. The summed E-state index contributed by atoms with van der Waals surface area (Å²) in [5.74, 6) is 0.971. The van der Waals surface area contributed by atoms with E-state index >= 15 is 0 Å². The largest absolute Gasteiger partial charge is 0.490 e. The van der Waals surface area contributed by atoms with Crippen molar-refractivity contribution in [2.45, 2.75) is 84.0 Å². The van der Waals surface area contributed by atoms with Crippen LogP contribution >= 0.6 is 0 Å². The van der Waals surface area contributed by atoms with Crippen LogP contribution in [0.4, 0.5) is 0 Å². The molecule has 0 atom stereocenters. The van der Waals surface area contributed by atoms with Gasteiger partial charge in [0.25, 0.3) is 0 Å². The summed E-state index contributed by atoms with van der Waals surface area (Å²) >= 11 is 0. The maximum Gasteiger partial charge on any atom is 0.228 e. The van der Waals surface area contributed by atoms with Gasteiger partial charge in [0.15, 0.2) is 17.1 Å². The number of rotatable bonds is 16. The van der Waals surface area contributed by atoms with Gasteiger partial charge in [-0.2, -0.15) is 0 Å². The molecule has 3 nitrogen and oxygen atoms in total. The van der Waals surface area contributed by atoms with E-state index in [1.165, 1.54) is 70.6 Å². The highest BCUT2D eigenvalue weighted by molar-refractivity contribution is 6.09. The van der Waals surface area contributed by atoms with Crippen molar-refractivity contribution in [1.82, 2.24) is 0 Å². The first kappa shape index (κ1) is 24.1. The molecule has 0 aliphatic rings. The van der Waals surface area contributed by atoms with Crippen LogP contribution in [0.15, 0.2) is 59.0 Å². The minimum Gasteiger partial charge on any atom is -0.490 e. The van der Waals surface area contributed by atoms with Crippen molar-refractivity contribution in [2.75, 3.05) is 6.61 Å². The molecule has 172 valence electrons. The van der Waals surface area contributed by atoms with Gasteiger partial charge in [0.2, 0.25) is 5.78 Å². The van der Waals surface area contributed by atoms with E-state index in [9.17, 15) is 4.79 Å². The molecule has 0 saturated carbocycles. The van der Waals surface area contributed by atoms with E-state index in [1.807, 2.05) is 36.4 Å². The molecule has 3 aromatic rings. The lowest BCUT2D eigenvalue weighted by molar-refractivity contribution is 0.101. The third-order valence-corrected chi connectivity index (χ3v) is 6.02. The molecule has 3 rings (SSSR count). The van der Waals surface area contributed by atoms with Gasteiger partial charge in [0, 0.05) is 10.9 Å². The molecule has 0 spiro atoms. The molecule has 0 radical (unpaired) electrons. The maximum atomic E-state index is 12.7. The monoisotopic (exact) mass is 434 g/mol. The Morgan fingerprint density at radius 2 is 1.38 bits per heavy atom. The molecule has 0 amide bonds. The Hall–Kier alpha value is -2.55. The molecule has 0 unspecified atom stereocenters. The number of unbranched alkanes of at least 4 members (excludes halogenated alkanes) is 11. The Balaban J connectivity index is 1.35. The van der Waals surface area contributed by atoms with Gasteiger partial charge in [-0.3, -0.25) is 4.79 Å². The number of hydrogen-bond acceptors (Lipinski definition) is 3. The van der Waals surface area contributed by atoms with Crippen LogP contribution < -0.4 is 4.74 Å². The number of fused-ring (bicyclic) bond motifs is 1. The van der Waals surface area contributed by atoms with Gasteiger partial charge >= 0.3 is 0 Å². The molecule has 0 bridgehead atoms. The van der Waals surface area contributed by atoms with Crippen LogP contribution in [0.2, 0.25) is 0 Å². The lowest BCUT2D eigenvalue weighted by Gasteiger charge is -2.07. The molecule has 0 aliphatic heterocycles. The standard InChI is InChI=1S/C29H38O3/c1-2-3-4-5-6-7-8-9-10-11-12-16-22-31-26-21-17-20-25-23-27(32-29(25)26)28(30)24-18-14-13-15-19-24/h13-15,17-21,23H,2-12,16,22H2,1H3. The molecule has 2 aromatic carbocycles. The zero-order valence-corrected chi connectivity index (χ0v) is 19.6. The van der Waals surface area contributed by atoms with Crippen molar-refractivity contribution in [1.29, 1.82) is 0 Å². The lowest BCUT2D eigenvalue weighted by Crippen LogP contribution is -1.98. The summed E-state index contributed by atoms with van der Waals surface area (Å²) in [4.78, 5) is 12.7. The molecule has 3 heteroatoms. The first-order valence-corrected chi connectivity index (χ1v) is 12.5. The third kappa shape index (κ3) is 7.55. The van der Waals surface area contributed by atoms with Crippen LogP contribution in [0.3, 0.4) is 0 Å². The van der Waals surface area contributed by atoms with E-state index < -0.39 is 0 Å². The van der Waals surface area contributed by atoms with Crippen LogP contribution in [0.5, 0.6) is 5.75 Å². The van der Waals surface area contributed by atoms with Gasteiger partial charge in [0.1, 0.15) is 0 Å². The van der Waals surface area contributed by atoms with Crippen LogP contribution in [0, 0.1) is 0 Å². The molecular weight excluding hydrogens is 396 g/mol. The molecule has 0 N–H and O–H groups in total. The highest BCUT2D eigenvalue weighted by Gasteiger charge is 2.16. The molecule has 0 fully saturated rings. The summed E-state index contributed by atoms with van der Waals surface area (Å²) in [6.45, 7) is 2.95. The Morgan fingerprint density at radius 3 is 2.03 bits per heavy atom. The summed E-state index contributed by atoms with van der Waals surface area (Å²) in [6, 6.07) is 16.9. The number of furan rings is 1. The fraction of sp³-hybridized carbons (Fsp3) is 0.483. The smallest absolute Gasteiger partial charge is 0.228 e. The quantitative estimate of drug-likeness (QED) is 0.167. The predicted octanol–water partition coefficient (Wildman–Crippen LogP) is 8.74. The molecule has 1 heterocycles. The van der Waals surface area contributed by atoms with E-state index in [0.717, 1.165) is 17.6 Å². The topological polar surface area (TPSA) is 39.4 Å². The summed E-state index contributed by atoms with van der Waals surface area (Å²) < 4.78 is 11.9. The third-order valence-electron chi connectivity index (χ3n) is 6.02. The van der Waals surface area contributed by atoms with E-state index in [1.54, 1.807) is 18.2 Å². The van der Waals surface area contributed by atoms with E-state index in [-0.39, 0.29) is 5.78 Å². The van der Waals surface area contributed by atoms with Crippen molar-refractivity contribution in [3.05, 3.63) is 65.9 Å². The summed E-state index contributed by atoms with van der Waals surface area (Å²) in [7, 11) is 0. The van der Waals surface area contributed by atoms with Crippen molar-refractivity contribution in [3.63, 3.8) is 0 Å². The zero-order valence-electron chi connectivity index (χ0n) is 19.6. The molecule has 0 saturated heterocycles. The fourth-order valence-electron chi connectivity index (χ4n) is 4.12. The number of ether oxygens (including phenoxy) is 1. The van der Waals surface area contributed by atoms with E-state index in [0.29, 0.717) is 23.5 Å². The number of para-hydroxylation sites is 1. The minimum absolute atomic E-state index is 0.103. The average molecular weight is 435 g/mol. The first-order valence-electron chi connectivity index (χ1n) is 12.5. The average Bonchev–Trinajstić information content (AvgIpc) is 3.27. The Bertz CT molecular complexity index is 926. The molecule has 0 aliphatic carbocycles. The van der Waals surface area contributed by atoms with Crippen molar-refractivity contribution < 1.29 is 13.9 Å². The summed E-state index contributed by atoms with van der Waals surface area (Å²) in [5.41, 5.74) is 1.29. The Kier molecular flexibility index (Phi) is 10.4. The highest BCUT2D eigenvalue weighted by Crippen LogP contribution is 2.30. The van der Waals surface area contributed by atoms with Crippen molar-refractivity contribution in [3.8, 4) is 5.75 Å².